The molecule has 0 saturated carbocycles. The molecule has 1 aromatic rings. The molecule has 110 valence electrons. The number of halogens is 2. The van der Waals surface area contributed by atoms with Crippen LogP contribution in [-0.4, -0.2) is 36.7 Å². The summed E-state index contributed by atoms with van der Waals surface area (Å²) in [5, 5.41) is 0. The minimum absolute atomic E-state index is 0.218. The van der Waals surface area contributed by atoms with Gasteiger partial charge in [0.05, 0.1) is 18.8 Å². The molecule has 2 aliphatic heterocycles. The van der Waals surface area contributed by atoms with Crippen molar-refractivity contribution in [1.29, 1.82) is 0 Å². The van der Waals surface area contributed by atoms with E-state index in [0.717, 1.165) is 31.5 Å². The fraction of sp³-hybridized carbons (Fsp3) is 0.571. The highest BCUT2D eigenvalue weighted by Gasteiger charge is 2.36. The van der Waals surface area contributed by atoms with Crippen LogP contribution >= 0.6 is 0 Å². The Hall–Kier alpha value is -1.08. The van der Waals surface area contributed by atoms with Crippen LogP contribution in [0.2, 0.25) is 0 Å². The molecule has 4 nitrogen and oxygen atoms in total. The molecule has 3 rings (SSSR count). The van der Waals surface area contributed by atoms with Crippen molar-refractivity contribution in [2.24, 2.45) is 5.84 Å². The standard InChI is InChI=1S/C14H19F2N3O/c15-9-3-4-12(16)11(6-9)14(18-17)13-7-19-5-1-2-10(19)8-20-13/h3-4,6,10,13-14,18H,1-2,5,7-8,17H2. The molecular formula is C14H19F2N3O. The van der Waals surface area contributed by atoms with Gasteiger partial charge in [0, 0.05) is 18.2 Å². The second-order valence-corrected chi connectivity index (χ2v) is 5.47. The molecule has 0 aliphatic carbocycles. The predicted molar refractivity (Wildman–Crippen MR) is 70.8 cm³/mol. The highest BCUT2D eigenvalue weighted by Crippen LogP contribution is 2.29. The van der Waals surface area contributed by atoms with Crippen molar-refractivity contribution in [3.8, 4) is 0 Å². The highest BCUT2D eigenvalue weighted by atomic mass is 19.1. The van der Waals surface area contributed by atoms with E-state index in [9.17, 15) is 8.78 Å². The summed E-state index contributed by atoms with van der Waals surface area (Å²) in [6.07, 6.45) is 2.03. The van der Waals surface area contributed by atoms with Crippen molar-refractivity contribution in [3.63, 3.8) is 0 Å². The second kappa shape index (κ2) is 5.73. The summed E-state index contributed by atoms with van der Waals surface area (Å²) < 4.78 is 33.1. The lowest BCUT2D eigenvalue weighted by Crippen LogP contribution is -2.51. The third-order valence-corrected chi connectivity index (χ3v) is 4.26. The van der Waals surface area contributed by atoms with Gasteiger partial charge in [0.2, 0.25) is 0 Å². The number of nitrogens with two attached hydrogens (primary N) is 1. The third kappa shape index (κ3) is 2.56. The Morgan fingerprint density at radius 1 is 1.40 bits per heavy atom. The van der Waals surface area contributed by atoms with Crippen molar-refractivity contribution in [2.75, 3.05) is 19.7 Å². The van der Waals surface area contributed by atoms with Gasteiger partial charge in [-0.15, -0.1) is 0 Å². The Kier molecular flexibility index (Phi) is 3.98. The number of ether oxygens (including phenoxy) is 1. The fourth-order valence-electron chi connectivity index (χ4n) is 3.19. The van der Waals surface area contributed by atoms with Crippen LogP contribution in [0.15, 0.2) is 18.2 Å². The zero-order valence-electron chi connectivity index (χ0n) is 11.2. The van der Waals surface area contributed by atoms with E-state index >= 15 is 0 Å². The minimum atomic E-state index is -0.549. The lowest BCUT2D eigenvalue weighted by atomic mass is 9.99. The van der Waals surface area contributed by atoms with Crippen LogP contribution in [-0.2, 0) is 4.74 Å². The van der Waals surface area contributed by atoms with Gasteiger partial charge < -0.3 is 4.74 Å². The Morgan fingerprint density at radius 3 is 3.05 bits per heavy atom. The number of benzene rings is 1. The molecule has 2 saturated heterocycles. The summed E-state index contributed by atoms with van der Waals surface area (Å²) in [6.45, 7) is 2.35. The van der Waals surface area contributed by atoms with Crippen molar-refractivity contribution < 1.29 is 13.5 Å². The number of nitrogens with zero attached hydrogens (tertiary/aromatic N) is 1. The Labute approximate surface area is 116 Å². The van der Waals surface area contributed by atoms with E-state index in [1.54, 1.807) is 0 Å². The van der Waals surface area contributed by atoms with E-state index < -0.39 is 17.7 Å². The van der Waals surface area contributed by atoms with Gasteiger partial charge in [0.1, 0.15) is 11.6 Å². The van der Waals surface area contributed by atoms with Gasteiger partial charge in [-0.25, -0.2) is 8.78 Å². The lowest BCUT2D eigenvalue weighted by molar-refractivity contribution is -0.0658. The largest absolute Gasteiger partial charge is 0.373 e. The van der Waals surface area contributed by atoms with E-state index in [1.165, 1.54) is 6.07 Å². The zero-order chi connectivity index (χ0) is 14.1. The van der Waals surface area contributed by atoms with Crippen molar-refractivity contribution in [1.82, 2.24) is 10.3 Å². The van der Waals surface area contributed by atoms with Crippen LogP contribution < -0.4 is 11.3 Å². The maximum Gasteiger partial charge on any atom is 0.128 e. The van der Waals surface area contributed by atoms with Gasteiger partial charge in [0.15, 0.2) is 0 Å². The summed E-state index contributed by atoms with van der Waals surface area (Å²) in [5.41, 5.74) is 2.80. The number of hydrogen-bond donors (Lipinski definition) is 2. The van der Waals surface area contributed by atoms with Crippen LogP contribution in [0.5, 0.6) is 0 Å². The van der Waals surface area contributed by atoms with E-state index in [4.69, 9.17) is 10.6 Å². The Balaban J connectivity index is 1.81. The van der Waals surface area contributed by atoms with Gasteiger partial charge in [0.25, 0.3) is 0 Å². The number of hydrazine groups is 1. The van der Waals surface area contributed by atoms with Crippen molar-refractivity contribution >= 4 is 0 Å². The third-order valence-electron chi connectivity index (χ3n) is 4.26. The molecule has 0 bridgehead atoms. The zero-order valence-corrected chi connectivity index (χ0v) is 11.2. The number of morpholine rings is 1. The first-order chi connectivity index (χ1) is 9.69. The van der Waals surface area contributed by atoms with Gasteiger partial charge in [-0.2, -0.15) is 0 Å². The molecule has 0 aromatic heterocycles. The summed E-state index contributed by atoms with van der Waals surface area (Å²) >= 11 is 0. The normalized spacial score (nSPS) is 28.4. The summed E-state index contributed by atoms with van der Waals surface area (Å²) in [4.78, 5) is 2.34. The molecule has 0 spiro atoms. The smallest absolute Gasteiger partial charge is 0.128 e. The molecule has 2 aliphatic rings. The van der Waals surface area contributed by atoms with Crippen molar-refractivity contribution in [3.05, 3.63) is 35.4 Å². The van der Waals surface area contributed by atoms with E-state index in [1.807, 2.05) is 0 Å². The first-order valence-electron chi connectivity index (χ1n) is 6.96. The van der Waals surface area contributed by atoms with Crippen molar-refractivity contribution in [2.45, 2.75) is 31.0 Å². The monoisotopic (exact) mass is 283 g/mol. The van der Waals surface area contributed by atoms with E-state index in [2.05, 4.69) is 10.3 Å². The number of nitrogens with one attached hydrogen (secondary N) is 1. The molecule has 0 amide bonds. The maximum atomic E-state index is 13.9. The van der Waals surface area contributed by atoms with Crippen LogP contribution in [0.3, 0.4) is 0 Å². The van der Waals surface area contributed by atoms with Gasteiger partial charge in [-0.1, -0.05) is 0 Å². The van der Waals surface area contributed by atoms with Gasteiger partial charge >= 0.3 is 0 Å². The van der Waals surface area contributed by atoms with Crippen LogP contribution in [0.1, 0.15) is 24.4 Å². The molecule has 3 N–H and O–H groups in total. The molecule has 20 heavy (non-hydrogen) atoms. The molecule has 2 fully saturated rings. The van der Waals surface area contributed by atoms with Gasteiger partial charge in [-0.3, -0.25) is 16.2 Å². The SMILES string of the molecule is NNC(c1cc(F)ccc1F)C1CN2CCCC2CO1. The predicted octanol–water partition coefficient (Wildman–Crippen LogP) is 1.33. The summed E-state index contributed by atoms with van der Waals surface area (Å²) in [7, 11) is 0. The lowest BCUT2D eigenvalue weighted by Gasteiger charge is -2.38. The van der Waals surface area contributed by atoms with Crippen LogP contribution in [0, 0.1) is 11.6 Å². The summed E-state index contributed by atoms with van der Waals surface area (Å²) in [6, 6.07) is 3.31. The molecule has 2 heterocycles. The molecule has 6 heteroatoms. The average molecular weight is 283 g/mol. The number of rotatable bonds is 3. The first-order valence-corrected chi connectivity index (χ1v) is 6.96. The molecule has 3 atom stereocenters. The fourth-order valence-corrected chi connectivity index (χ4v) is 3.19. The molecule has 1 aromatic carbocycles. The Morgan fingerprint density at radius 2 is 2.25 bits per heavy atom. The highest BCUT2D eigenvalue weighted by molar-refractivity contribution is 5.23. The van der Waals surface area contributed by atoms with E-state index in [0.29, 0.717) is 19.2 Å². The maximum absolute atomic E-state index is 13.9. The molecule has 3 unspecified atom stereocenters. The van der Waals surface area contributed by atoms with Gasteiger partial charge in [-0.05, 0) is 37.6 Å². The van der Waals surface area contributed by atoms with E-state index in [-0.39, 0.29) is 11.7 Å². The van der Waals surface area contributed by atoms with Crippen LogP contribution in [0.25, 0.3) is 0 Å². The summed E-state index contributed by atoms with van der Waals surface area (Å²) in [5.74, 6) is 4.61. The topological polar surface area (TPSA) is 50.5 Å². The minimum Gasteiger partial charge on any atom is -0.373 e. The second-order valence-electron chi connectivity index (χ2n) is 5.47. The first kappa shape index (κ1) is 13.9. The number of hydrogen-bond acceptors (Lipinski definition) is 4. The molecular weight excluding hydrogens is 264 g/mol. The number of fused-ring (bicyclic) bond motifs is 1. The average Bonchev–Trinajstić information content (AvgIpc) is 2.91. The molecule has 0 radical (unpaired) electrons. The quantitative estimate of drug-likeness (QED) is 0.649. The Bertz CT molecular complexity index is 485. The van der Waals surface area contributed by atoms with Crippen LogP contribution in [0.4, 0.5) is 8.78 Å².